The van der Waals surface area contributed by atoms with E-state index in [2.05, 4.69) is 62.5 Å². The number of phosphoric ester groups is 1. The van der Waals surface area contributed by atoms with Crippen molar-refractivity contribution in [2.75, 3.05) is 19.8 Å². The molecule has 1 aliphatic carbocycles. The average molecular weight is 985 g/mol. The first-order valence-electron chi connectivity index (χ1n) is 27.5. The quantitative estimate of drug-likeness (QED) is 0.0147. The molecule has 0 aromatic rings. The van der Waals surface area contributed by atoms with E-state index in [0.29, 0.717) is 13.0 Å². The summed E-state index contributed by atoms with van der Waals surface area (Å²) in [6, 6.07) is 0. The van der Waals surface area contributed by atoms with Crippen LogP contribution < -0.4 is 0 Å². The van der Waals surface area contributed by atoms with Crippen LogP contribution in [-0.2, 0) is 27.9 Å². The Hall–Kier alpha value is -1.70. The van der Waals surface area contributed by atoms with E-state index in [4.69, 9.17) is 18.5 Å². The zero-order chi connectivity index (χ0) is 49.8. The van der Waals surface area contributed by atoms with Gasteiger partial charge >= 0.3 is 13.8 Å². The van der Waals surface area contributed by atoms with Gasteiger partial charge in [-0.25, -0.2) is 4.57 Å². The molecule has 6 unspecified atom stereocenters. The molecule has 1 saturated carbocycles. The molecule has 0 spiro atoms. The van der Waals surface area contributed by atoms with Crippen LogP contribution >= 0.6 is 7.82 Å². The first kappa shape index (κ1) is 64.3. The van der Waals surface area contributed by atoms with Gasteiger partial charge < -0.3 is 39.9 Å². The molecule has 1 fully saturated rings. The summed E-state index contributed by atoms with van der Waals surface area (Å²) in [5.74, 6) is -0.483. The van der Waals surface area contributed by atoms with Crippen LogP contribution in [0.25, 0.3) is 0 Å². The van der Waals surface area contributed by atoms with Crippen LogP contribution in [0.5, 0.6) is 0 Å². The zero-order valence-electron chi connectivity index (χ0n) is 42.9. The number of esters is 1. The van der Waals surface area contributed by atoms with Crippen LogP contribution in [0, 0.1) is 0 Å². The number of carbonyl (C=O) groups is 1. The van der Waals surface area contributed by atoms with Crippen LogP contribution in [0.3, 0.4) is 0 Å². The fourth-order valence-electron chi connectivity index (χ4n) is 8.30. The number of hydrogen-bond acceptors (Lipinski definition) is 11. The van der Waals surface area contributed by atoms with Gasteiger partial charge in [0.25, 0.3) is 0 Å². The molecule has 0 bridgehead atoms. The number of allylic oxidation sites excluding steroid dienone is 8. The maximum Gasteiger partial charge on any atom is 0.472 e. The number of hydrogen-bond donors (Lipinski definition) is 6. The van der Waals surface area contributed by atoms with E-state index in [1.165, 1.54) is 135 Å². The SMILES string of the molecule is CCCCCCC/C=C\C/C=C\C/C=C\CCCCCCCCCCCOCC(COP(=O)(O)OC1C(O)C(O)C(O)C(O)C1O)OC(=O)CCCCCCCCC/C=C\CCCCCCCC. The maximum atomic E-state index is 12.9. The van der Waals surface area contributed by atoms with Gasteiger partial charge in [-0.1, -0.05) is 197 Å². The Balaban J connectivity index is 2.31. The molecule has 0 radical (unpaired) electrons. The first-order valence-corrected chi connectivity index (χ1v) is 29.0. The number of carbonyl (C=O) groups excluding carboxylic acids is 1. The third-order valence-corrected chi connectivity index (χ3v) is 13.7. The molecule has 0 aromatic heterocycles. The van der Waals surface area contributed by atoms with E-state index in [0.717, 1.165) is 70.6 Å². The Labute approximate surface area is 414 Å². The average Bonchev–Trinajstić information content (AvgIpc) is 3.32. The standard InChI is InChI=1S/C55H101O12P/c1-3-5-7-9-11-13-15-17-19-21-22-23-24-25-26-27-29-31-33-35-37-39-41-43-45-64-46-48(47-65-68(62,63)67-55-53(60)51(58)50(57)52(59)54(55)61)66-49(56)44-42-40-38-36-34-32-30-28-20-18-16-14-12-10-8-6-4-2/h15,17-18,20-22,24-25,48,50-55,57-61H,3-14,16,19,23,26-47H2,1-2H3,(H,62,63)/b17-15-,20-18-,22-21-,25-24-. The summed E-state index contributed by atoms with van der Waals surface area (Å²) in [7, 11) is -5.03. The first-order chi connectivity index (χ1) is 33.0. The Morgan fingerprint density at radius 3 is 1.26 bits per heavy atom. The number of rotatable bonds is 47. The van der Waals surface area contributed by atoms with Crippen molar-refractivity contribution in [1.29, 1.82) is 0 Å². The molecule has 398 valence electrons. The molecule has 1 aliphatic rings. The highest BCUT2D eigenvalue weighted by Gasteiger charge is 2.51. The second-order valence-corrected chi connectivity index (χ2v) is 20.5. The van der Waals surface area contributed by atoms with E-state index < -0.39 is 63.1 Å². The Bertz CT molecular complexity index is 1310. The van der Waals surface area contributed by atoms with Crippen molar-refractivity contribution < 1.29 is 58.3 Å². The fourth-order valence-corrected chi connectivity index (χ4v) is 9.27. The topological polar surface area (TPSA) is 192 Å². The van der Waals surface area contributed by atoms with Crippen LogP contribution in [0.2, 0.25) is 0 Å². The molecule has 68 heavy (non-hydrogen) atoms. The molecule has 1 rings (SSSR count). The molecule has 0 saturated heterocycles. The van der Waals surface area contributed by atoms with E-state index in [-0.39, 0.29) is 13.0 Å². The zero-order valence-corrected chi connectivity index (χ0v) is 43.8. The number of ether oxygens (including phenoxy) is 2. The summed E-state index contributed by atoms with van der Waals surface area (Å²) in [5, 5.41) is 50.4. The Kier molecular flexibility index (Phi) is 42.7. The van der Waals surface area contributed by atoms with Gasteiger partial charge in [-0.15, -0.1) is 0 Å². The highest BCUT2D eigenvalue weighted by molar-refractivity contribution is 7.47. The van der Waals surface area contributed by atoms with Crippen molar-refractivity contribution in [2.24, 2.45) is 0 Å². The number of phosphoric acid groups is 1. The Morgan fingerprint density at radius 2 is 0.824 bits per heavy atom. The highest BCUT2D eigenvalue weighted by Crippen LogP contribution is 2.47. The summed E-state index contributed by atoms with van der Waals surface area (Å²) >= 11 is 0. The number of aliphatic hydroxyl groups is 5. The minimum Gasteiger partial charge on any atom is -0.457 e. The third-order valence-electron chi connectivity index (χ3n) is 12.7. The lowest BCUT2D eigenvalue weighted by Crippen LogP contribution is -2.64. The normalized spacial score (nSPS) is 21.5. The van der Waals surface area contributed by atoms with Gasteiger partial charge in [0.1, 0.15) is 42.7 Å². The smallest absolute Gasteiger partial charge is 0.457 e. The van der Waals surface area contributed by atoms with Gasteiger partial charge in [-0.05, 0) is 77.0 Å². The molecule has 12 nitrogen and oxygen atoms in total. The van der Waals surface area contributed by atoms with Gasteiger partial charge in [0.15, 0.2) is 0 Å². The van der Waals surface area contributed by atoms with Gasteiger partial charge in [0.05, 0.1) is 13.2 Å². The maximum absolute atomic E-state index is 12.9. The second-order valence-electron chi connectivity index (χ2n) is 19.1. The predicted octanol–water partition coefficient (Wildman–Crippen LogP) is 12.8. The van der Waals surface area contributed by atoms with Crippen molar-refractivity contribution in [1.82, 2.24) is 0 Å². The molecule has 0 amide bonds. The predicted molar refractivity (Wildman–Crippen MR) is 276 cm³/mol. The third kappa shape index (κ3) is 36.3. The molecule has 0 aromatic carbocycles. The van der Waals surface area contributed by atoms with E-state index >= 15 is 0 Å². The minimum atomic E-state index is -5.03. The molecule has 6 atom stereocenters. The largest absolute Gasteiger partial charge is 0.472 e. The van der Waals surface area contributed by atoms with Crippen molar-refractivity contribution in [3.05, 3.63) is 48.6 Å². The lowest BCUT2D eigenvalue weighted by atomic mass is 9.85. The van der Waals surface area contributed by atoms with Crippen LogP contribution in [-0.4, -0.2) is 98.9 Å². The molecular weight excluding hydrogens is 884 g/mol. The number of aliphatic hydroxyl groups excluding tert-OH is 5. The minimum absolute atomic E-state index is 0.0822. The molecule has 0 aliphatic heterocycles. The fraction of sp³-hybridized carbons (Fsp3) is 0.836. The van der Waals surface area contributed by atoms with Crippen molar-refractivity contribution in [3.8, 4) is 0 Å². The van der Waals surface area contributed by atoms with Gasteiger partial charge in [-0.2, -0.15) is 0 Å². The molecule has 0 heterocycles. The van der Waals surface area contributed by atoms with Crippen LogP contribution in [0.4, 0.5) is 0 Å². The van der Waals surface area contributed by atoms with Crippen LogP contribution in [0.1, 0.15) is 232 Å². The van der Waals surface area contributed by atoms with E-state index in [1.807, 2.05) is 0 Å². The lowest BCUT2D eigenvalue weighted by molar-refractivity contribution is -0.220. The number of unbranched alkanes of at least 4 members (excludes halogenated alkanes) is 27. The highest BCUT2D eigenvalue weighted by atomic mass is 31.2. The molecule has 13 heteroatoms. The summed E-state index contributed by atoms with van der Waals surface area (Å²) in [6.45, 7) is 4.25. The lowest BCUT2D eigenvalue weighted by Gasteiger charge is -2.41. The summed E-state index contributed by atoms with van der Waals surface area (Å²) < 4.78 is 34.3. The van der Waals surface area contributed by atoms with Gasteiger partial charge in [0.2, 0.25) is 0 Å². The van der Waals surface area contributed by atoms with Gasteiger partial charge in [0, 0.05) is 13.0 Å². The van der Waals surface area contributed by atoms with Crippen molar-refractivity contribution in [3.63, 3.8) is 0 Å². The van der Waals surface area contributed by atoms with Crippen LogP contribution in [0.15, 0.2) is 48.6 Å². The summed E-state index contributed by atoms with van der Waals surface area (Å²) in [5.41, 5.74) is 0. The van der Waals surface area contributed by atoms with E-state index in [9.17, 15) is 39.8 Å². The monoisotopic (exact) mass is 985 g/mol. The second kappa shape index (κ2) is 45.2. The molecule has 6 N–H and O–H groups in total. The van der Waals surface area contributed by atoms with Crippen molar-refractivity contribution >= 4 is 13.8 Å². The van der Waals surface area contributed by atoms with Crippen molar-refractivity contribution in [2.45, 2.75) is 275 Å². The summed E-state index contributed by atoms with van der Waals surface area (Å²) in [4.78, 5) is 23.3. The van der Waals surface area contributed by atoms with Gasteiger partial charge in [-0.3, -0.25) is 13.8 Å². The Morgan fingerprint density at radius 1 is 0.471 bits per heavy atom. The van der Waals surface area contributed by atoms with E-state index in [1.54, 1.807) is 0 Å². The summed E-state index contributed by atoms with van der Waals surface area (Å²) in [6.07, 6.45) is 44.6. The molecular formula is C55H101O12P.